The van der Waals surface area contributed by atoms with E-state index in [9.17, 15) is 0 Å². The van der Waals surface area contributed by atoms with Crippen LogP contribution in [0.25, 0.3) is 0 Å². The van der Waals surface area contributed by atoms with Gasteiger partial charge in [-0.05, 0) is 0 Å². The molecule has 0 unspecified atom stereocenters. The van der Waals surface area contributed by atoms with E-state index in [4.69, 9.17) is 0 Å². The molecule has 2 heteroatoms. The van der Waals surface area contributed by atoms with Crippen LogP contribution in [0.1, 0.15) is 19.8 Å². The normalized spacial score (nSPS) is 7.50. The molecule has 0 aliphatic carbocycles. The van der Waals surface area contributed by atoms with Crippen molar-refractivity contribution in [3.8, 4) is 0 Å². The molecule has 0 saturated carbocycles. The van der Waals surface area contributed by atoms with Crippen LogP contribution in [-0.2, 0) is 65.4 Å². The standard InChI is InChI=1S/C6H12.2Y/c1-4-6(3)5-2;;/h6H,1-2,4-5H2,3H3;;/q-2;;. The minimum absolute atomic E-state index is 0. The molecule has 0 N–H and O–H groups in total. The third-order valence-corrected chi connectivity index (χ3v) is 0.986. The van der Waals surface area contributed by atoms with Gasteiger partial charge in [0.15, 0.2) is 0 Å². The summed E-state index contributed by atoms with van der Waals surface area (Å²) in [6.07, 6.45) is 2.03. The summed E-state index contributed by atoms with van der Waals surface area (Å²) in [4.78, 5) is 0. The van der Waals surface area contributed by atoms with Crippen LogP contribution in [0.4, 0.5) is 0 Å². The van der Waals surface area contributed by atoms with Crippen molar-refractivity contribution >= 4 is 0 Å². The van der Waals surface area contributed by atoms with Gasteiger partial charge in [0.25, 0.3) is 0 Å². The summed E-state index contributed by atoms with van der Waals surface area (Å²) < 4.78 is 0. The van der Waals surface area contributed by atoms with Gasteiger partial charge in [0, 0.05) is 65.4 Å². The van der Waals surface area contributed by atoms with E-state index in [1.54, 1.807) is 0 Å². The largest absolute Gasteiger partial charge is 0.343 e. The van der Waals surface area contributed by atoms with E-state index in [-0.39, 0.29) is 65.4 Å². The van der Waals surface area contributed by atoms with Crippen molar-refractivity contribution in [1.82, 2.24) is 0 Å². The summed E-state index contributed by atoms with van der Waals surface area (Å²) in [6, 6.07) is 0. The van der Waals surface area contributed by atoms with E-state index in [1.807, 2.05) is 0 Å². The minimum Gasteiger partial charge on any atom is -0.343 e. The van der Waals surface area contributed by atoms with Crippen LogP contribution in [-0.4, -0.2) is 0 Å². The first-order valence-electron chi connectivity index (χ1n) is 2.39. The van der Waals surface area contributed by atoms with Crippen molar-refractivity contribution in [1.29, 1.82) is 0 Å². The van der Waals surface area contributed by atoms with Gasteiger partial charge < -0.3 is 13.8 Å². The Morgan fingerprint density at radius 3 is 1.38 bits per heavy atom. The molecule has 0 aromatic carbocycles. The smallest absolute Gasteiger partial charge is 0 e. The van der Waals surface area contributed by atoms with Crippen molar-refractivity contribution in [2.75, 3.05) is 0 Å². The molecule has 0 nitrogen and oxygen atoms in total. The molecule has 44 valence electrons. The third-order valence-electron chi connectivity index (χ3n) is 0.986. The predicted molar refractivity (Wildman–Crippen MR) is 29.1 cm³/mol. The average Bonchev–Trinajstić information content (AvgIpc) is 1.65. The maximum Gasteiger partial charge on any atom is 0 e. The first kappa shape index (κ1) is 16.7. The average molecular weight is 262 g/mol. The van der Waals surface area contributed by atoms with Crippen molar-refractivity contribution < 1.29 is 65.4 Å². The van der Waals surface area contributed by atoms with E-state index in [0.717, 1.165) is 12.8 Å². The molecule has 0 aliphatic rings. The Bertz CT molecular complexity index is 25.7. The second-order valence-corrected chi connectivity index (χ2v) is 1.68. The first-order chi connectivity index (χ1) is 2.81. The maximum absolute atomic E-state index is 3.72. The zero-order valence-electron chi connectivity index (χ0n) is 5.56. The quantitative estimate of drug-likeness (QED) is 0.668. The van der Waals surface area contributed by atoms with Gasteiger partial charge in [-0.25, -0.2) is 0 Å². The van der Waals surface area contributed by atoms with Gasteiger partial charge in [0.2, 0.25) is 0 Å². The topological polar surface area (TPSA) is 0 Å². The summed E-state index contributed by atoms with van der Waals surface area (Å²) in [7, 11) is 0. The third kappa shape index (κ3) is 11.1. The molecule has 0 aliphatic heterocycles. The molecule has 0 aromatic rings. The van der Waals surface area contributed by atoms with Crippen molar-refractivity contribution in [3.05, 3.63) is 13.8 Å². The molecular weight excluding hydrogens is 250 g/mol. The second-order valence-electron chi connectivity index (χ2n) is 1.68. The van der Waals surface area contributed by atoms with Crippen molar-refractivity contribution in [2.45, 2.75) is 19.8 Å². The number of hydrogen-bond donors (Lipinski definition) is 0. The molecule has 0 aromatic heterocycles. The van der Waals surface area contributed by atoms with Crippen LogP contribution in [0.5, 0.6) is 0 Å². The van der Waals surface area contributed by atoms with Gasteiger partial charge in [-0.1, -0.05) is 12.8 Å². The molecule has 0 spiro atoms. The predicted octanol–water partition coefficient (Wildman–Crippen LogP) is 2.07. The summed E-state index contributed by atoms with van der Waals surface area (Å²) >= 11 is 0. The van der Waals surface area contributed by atoms with Gasteiger partial charge in [0.1, 0.15) is 0 Å². The monoisotopic (exact) mass is 262 g/mol. The molecule has 0 amide bonds. The SMILES string of the molecule is [CH2-]CC(C)C[CH2-].[Y].[Y]. The minimum atomic E-state index is 0. The fourth-order valence-corrected chi connectivity index (χ4v) is 0.144. The molecular formula is C6H12Y2-2. The fourth-order valence-electron chi connectivity index (χ4n) is 0.144. The molecule has 0 bridgehead atoms. The van der Waals surface area contributed by atoms with E-state index in [1.165, 1.54) is 0 Å². The van der Waals surface area contributed by atoms with E-state index < -0.39 is 0 Å². The van der Waals surface area contributed by atoms with Gasteiger partial charge >= 0.3 is 0 Å². The molecule has 2 radical (unpaired) electrons. The van der Waals surface area contributed by atoms with Crippen LogP contribution in [0.2, 0.25) is 0 Å². The van der Waals surface area contributed by atoms with Crippen molar-refractivity contribution in [2.24, 2.45) is 5.92 Å². The number of hydrogen-bond acceptors (Lipinski definition) is 0. The summed E-state index contributed by atoms with van der Waals surface area (Å²) in [5, 5.41) is 0. The van der Waals surface area contributed by atoms with Crippen LogP contribution in [0, 0.1) is 19.8 Å². The maximum atomic E-state index is 3.72. The van der Waals surface area contributed by atoms with Crippen LogP contribution in [0.15, 0.2) is 0 Å². The zero-order chi connectivity index (χ0) is 4.99. The first-order valence-corrected chi connectivity index (χ1v) is 2.39. The zero-order valence-corrected chi connectivity index (χ0v) is 11.2. The van der Waals surface area contributed by atoms with Crippen molar-refractivity contribution in [3.63, 3.8) is 0 Å². The Hall–Kier alpha value is 2.21. The molecule has 0 fully saturated rings. The summed E-state index contributed by atoms with van der Waals surface area (Å²) in [5.41, 5.74) is 0. The van der Waals surface area contributed by atoms with Crippen LogP contribution in [0.3, 0.4) is 0 Å². The van der Waals surface area contributed by atoms with Gasteiger partial charge in [0.05, 0.1) is 0 Å². The van der Waals surface area contributed by atoms with Gasteiger partial charge in [-0.15, -0.1) is 0 Å². The van der Waals surface area contributed by atoms with E-state index in [0.29, 0.717) is 5.92 Å². The second kappa shape index (κ2) is 11.9. The molecule has 8 heavy (non-hydrogen) atoms. The Balaban J connectivity index is -0.000000125. The van der Waals surface area contributed by atoms with Crippen LogP contribution < -0.4 is 0 Å². The van der Waals surface area contributed by atoms with Crippen LogP contribution >= 0.6 is 0 Å². The number of rotatable bonds is 2. The molecule has 0 atom stereocenters. The fraction of sp³-hybridized carbons (Fsp3) is 0.667. The molecule has 0 rings (SSSR count). The van der Waals surface area contributed by atoms with Gasteiger partial charge in [-0.2, -0.15) is 12.8 Å². The summed E-state index contributed by atoms with van der Waals surface area (Å²) in [6.45, 7) is 9.59. The van der Waals surface area contributed by atoms with Gasteiger partial charge in [-0.3, -0.25) is 0 Å². The Morgan fingerprint density at radius 1 is 1.12 bits per heavy atom. The Kier molecular flexibility index (Phi) is 24.9. The van der Waals surface area contributed by atoms with E-state index >= 15 is 0 Å². The summed E-state index contributed by atoms with van der Waals surface area (Å²) in [5.74, 6) is 0.713. The van der Waals surface area contributed by atoms with E-state index in [2.05, 4.69) is 20.8 Å². The Morgan fingerprint density at radius 2 is 1.38 bits per heavy atom. The Labute approximate surface area is 103 Å². The molecule has 0 saturated heterocycles. The molecule has 0 heterocycles.